The summed E-state index contributed by atoms with van der Waals surface area (Å²) in [6.45, 7) is 5.87. The largest absolute Gasteiger partial charge is 0.497 e. The molecule has 2 aliphatic heterocycles. The van der Waals surface area contributed by atoms with E-state index >= 15 is 0 Å². The highest BCUT2D eigenvalue weighted by Gasteiger charge is 2.27. The first-order valence-electron chi connectivity index (χ1n) is 11.2. The fourth-order valence-electron chi connectivity index (χ4n) is 4.48. The quantitative estimate of drug-likeness (QED) is 0.619. The van der Waals surface area contributed by atoms with Crippen molar-refractivity contribution in [2.24, 2.45) is 0 Å². The van der Waals surface area contributed by atoms with E-state index in [0.717, 1.165) is 69.4 Å². The van der Waals surface area contributed by atoms with Crippen LogP contribution in [0.1, 0.15) is 29.9 Å². The van der Waals surface area contributed by atoms with Crippen LogP contribution in [0.15, 0.2) is 42.5 Å². The highest BCUT2D eigenvalue weighted by Crippen LogP contribution is 2.34. The SMILES string of the molecule is COCCCN1CCOc2ccc(CO[C@H]3CNCCC3c3ccc(OC)cc3)cc21. The number of benzene rings is 2. The topological polar surface area (TPSA) is 52.2 Å². The van der Waals surface area contributed by atoms with Gasteiger partial charge in [-0.2, -0.15) is 0 Å². The van der Waals surface area contributed by atoms with Gasteiger partial charge < -0.3 is 29.2 Å². The van der Waals surface area contributed by atoms with Gasteiger partial charge in [0, 0.05) is 32.7 Å². The number of hydrogen-bond donors (Lipinski definition) is 1. The first kappa shape index (κ1) is 21.9. The number of nitrogens with zero attached hydrogens (tertiary/aromatic N) is 1. The zero-order valence-electron chi connectivity index (χ0n) is 18.6. The molecular weight excluding hydrogens is 392 g/mol. The van der Waals surface area contributed by atoms with Crippen molar-refractivity contribution in [3.05, 3.63) is 53.6 Å². The monoisotopic (exact) mass is 426 g/mol. The van der Waals surface area contributed by atoms with E-state index in [1.807, 2.05) is 12.1 Å². The predicted octanol–water partition coefficient (Wildman–Crippen LogP) is 3.59. The van der Waals surface area contributed by atoms with Crippen LogP contribution < -0.4 is 19.7 Å². The zero-order chi connectivity index (χ0) is 21.5. The number of nitrogens with one attached hydrogen (secondary N) is 1. The van der Waals surface area contributed by atoms with Crippen LogP contribution in [0.4, 0.5) is 5.69 Å². The summed E-state index contributed by atoms with van der Waals surface area (Å²) in [5.74, 6) is 2.24. The fraction of sp³-hybridized carbons (Fsp3) is 0.520. The van der Waals surface area contributed by atoms with Crippen LogP contribution in [0, 0.1) is 0 Å². The molecule has 31 heavy (non-hydrogen) atoms. The molecular formula is C25H34N2O4. The normalized spacial score (nSPS) is 20.8. The van der Waals surface area contributed by atoms with Crippen molar-refractivity contribution in [1.82, 2.24) is 5.32 Å². The molecule has 0 aromatic heterocycles. The number of piperidine rings is 1. The van der Waals surface area contributed by atoms with Gasteiger partial charge in [-0.3, -0.25) is 0 Å². The standard InChI is InChI=1S/C25H34N2O4/c1-28-14-3-12-27-13-15-30-24-9-4-19(16-23(24)27)18-31-25-17-26-11-10-22(25)20-5-7-21(29-2)8-6-20/h4-9,16,22,25-26H,3,10-15,17-18H2,1-2H3/t22?,25-/m0/s1. The van der Waals surface area contributed by atoms with Crippen molar-refractivity contribution in [1.29, 1.82) is 0 Å². The van der Waals surface area contributed by atoms with Crippen LogP contribution in [-0.2, 0) is 16.1 Å². The summed E-state index contributed by atoms with van der Waals surface area (Å²) in [4.78, 5) is 2.39. The van der Waals surface area contributed by atoms with E-state index in [-0.39, 0.29) is 6.10 Å². The molecule has 0 amide bonds. The first-order chi connectivity index (χ1) is 15.3. The summed E-state index contributed by atoms with van der Waals surface area (Å²) in [5, 5.41) is 3.49. The number of methoxy groups -OCH3 is 2. The summed E-state index contributed by atoms with van der Waals surface area (Å²) in [6.07, 6.45) is 2.23. The third kappa shape index (κ3) is 5.50. The molecule has 2 aromatic rings. The molecule has 2 aromatic carbocycles. The third-order valence-corrected chi connectivity index (χ3v) is 6.19. The van der Waals surface area contributed by atoms with E-state index in [1.165, 1.54) is 11.1 Å². The maximum Gasteiger partial charge on any atom is 0.142 e. The molecule has 1 unspecified atom stereocenters. The summed E-state index contributed by atoms with van der Waals surface area (Å²) in [5.41, 5.74) is 3.66. The van der Waals surface area contributed by atoms with Crippen molar-refractivity contribution in [3.63, 3.8) is 0 Å². The van der Waals surface area contributed by atoms with Gasteiger partial charge in [0.1, 0.15) is 18.1 Å². The smallest absolute Gasteiger partial charge is 0.142 e. The molecule has 0 aliphatic carbocycles. The van der Waals surface area contributed by atoms with Gasteiger partial charge in [0.2, 0.25) is 0 Å². The summed E-state index contributed by atoms with van der Waals surface area (Å²) >= 11 is 0. The minimum atomic E-state index is 0.146. The Kier molecular flexibility index (Phi) is 7.67. The lowest BCUT2D eigenvalue weighted by Gasteiger charge is -2.33. The molecule has 2 aliphatic rings. The maximum atomic E-state index is 6.44. The van der Waals surface area contributed by atoms with Crippen LogP contribution in [0.2, 0.25) is 0 Å². The van der Waals surface area contributed by atoms with Crippen molar-refractivity contribution in [2.75, 3.05) is 58.5 Å². The highest BCUT2D eigenvalue weighted by molar-refractivity contribution is 5.61. The molecule has 2 heterocycles. The summed E-state index contributed by atoms with van der Waals surface area (Å²) in [7, 11) is 3.45. The van der Waals surface area contributed by atoms with Gasteiger partial charge in [-0.1, -0.05) is 18.2 Å². The third-order valence-electron chi connectivity index (χ3n) is 6.19. The number of anilines is 1. The minimum Gasteiger partial charge on any atom is -0.497 e. The lowest BCUT2D eigenvalue weighted by molar-refractivity contribution is 0.0106. The van der Waals surface area contributed by atoms with E-state index in [1.54, 1.807) is 14.2 Å². The van der Waals surface area contributed by atoms with Crippen LogP contribution in [-0.4, -0.2) is 59.7 Å². The molecule has 4 rings (SSSR count). The second-order valence-corrected chi connectivity index (χ2v) is 8.21. The van der Waals surface area contributed by atoms with Crippen molar-refractivity contribution in [3.8, 4) is 11.5 Å². The van der Waals surface area contributed by atoms with Gasteiger partial charge in [-0.05, 0) is 54.8 Å². The van der Waals surface area contributed by atoms with Gasteiger partial charge >= 0.3 is 0 Å². The molecule has 168 valence electrons. The predicted molar refractivity (Wildman–Crippen MR) is 122 cm³/mol. The number of hydrogen-bond acceptors (Lipinski definition) is 6. The Morgan fingerprint density at radius 1 is 1.13 bits per heavy atom. The highest BCUT2D eigenvalue weighted by atomic mass is 16.5. The minimum absolute atomic E-state index is 0.146. The van der Waals surface area contributed by atoms with E-state index in [9.17, 15) is 0 Å². The van der Waals surface area contributed by atoms with Gasteiger partial charge in [0.15, 0.2) is 0 Å². The molecule has 6 heteroatoms. The van der Waals surface area contributed by atoms with Crippen LogP contribution in [0.25, 0.3) is 0 Å². The Bertz CT molecular complexity index is 827. The van der Waals surface area contributed by atoms with E-state index in [2.05, 4.69) is 40.5 Å². The second-order valence-electron chi connectivity index (χ2n) is 8.21. The lowest BCUT2D eigenvalue weighted by Crippen LogP contribution is -2.41. The average molecular weight is 427 g/mol. The van der Waals surface area contributed by atoms with Crippen LogP contribution in [0.3, 0.4) is 0 Å². The first-order valence-corrected chi connectivity index (χ1v) is 11.2. The fourth-order valence-corrected chi connectivity index (χ4v) is 4.48. The zero-order valence-corrected chi connectivity index (χ0v) is 18.6. The Labute approximate surface area is 185 Å². The number of rotatable bonds is 9. The maximum absolute atomic E-state index is 6.44. The van der Waals surface area contributed by atoms with Gasteiger partial charge in [-0.25, -0.2) is 0 Å². The second kappa shape index (κ2) is 10.8. The molecule has 1 fully saturated rings. The molecule has 0 spiro atoms. The molecule has 1 saturated heterocycles. The van der Waals surface area contributed by atoms with Gasteiger partial charge in [0.25, 0.3) is 0 Å². The number of ether oxygens (including phenoxy) is 4. The van der Waals surface area contributed by atoms with E-state index in [0.29, 0.717) is 12.5 Å². The van der Waals surface area contributed by atoms with Crippen molar-refractivity contribution in [2.45, 2.75) is 31.5 Å². The Morgan fingerprint density at radius 3 is 2.81 bits per heavy atom. The Morgan fingerprint density at radius 2 is 2.00 bits per heavy atom. The molecule has 0 radical (unpaired) electrons. The summed E-state index contributed by atoms with van der Waals surface area (Å²) in [6, 6.07) is 14.8. The molecule has 1 N–H and O–H groups in total. The molecule has 0 bridgehead atoms. The van der Waals surface area contributed by atoms with E-state index in [4.69, 9.17) is 18.9 Å². The molecule has 6 nitrogen and oxygen atoms in total. The van der Waals surface area contributed by atoms with Gasteiger partial charge in [-0.15, -0.1) is 0 Å². The summed E-state index contributed by atoms with van der Waals surface area (Å²) < 4.78 is 22.8. The van der Waals surface area contributed by atoms with Crippen LogP contribution in [0.5, 0.6) is 11.5 Å². The van der Waals surface area contributed by atoms with Crippen LogP contribution >= 0.6 is 0 Å². The molecule has 2 atom stereocenters. The Hall–Kier alpha value is -2.28. The van der Waals surface area contributed by atoms with E-state index < -0.39 is 0 Å². The Balaban J connectivity index is 1.42. The van der Waals surface area contributed by atoms with Crippen molar-refractivity contribution >= 4 is 5.69 Å². The van der Waals surface area contributed by atoms with Crippen molar-refractivity contribution < 1.29 is 18.9 Å². The molecule has 0 saturated carbocycles. The lowest BCUT2D eigenvalue weighted by atomic mass is 9.87. The van der Waals surface area contributed by atoms with Gasteiger partial charge in [0.05, 0.1) is 32.1 Å². The number of fused-ring (bicyclic) bond motifs is 1. The average Bonchev–Trinajstić information content (AvgIpc) is 2.83.